The Morgan fingerprint density at radius 1 is 1.21 bits per heavy atom. The third-order valence-electron chi connectivity index (χ3n) is 4.09. The van der Waals surface area contributed by atoms with Crippen LogP contribution >= 0.6 is 11.3 Å². The van der Waals surface area contributed by atoms with Crippen molar-refractivity contribution < 1.29 is 9.15 Å². The van der Waals surface area contributed by atoms with Crippen LogP contribution in [0.3, 0.4) is 0 Å². The van der Waals surface area contributed by atoms with Gasteiger partial charge in [0, 0.05) is 22.8 Å². The predicted octanol–water partition coefficient (Wildman–Crippen LogP) is 2.97. The summed E-state index contributed by atoms with van der Waals surface area (Å²) in [6.07, 6.45) is 1.72. The second kappa shape index (κ2) is 6.88. The molecule has 0 amide bonds. The van der Waals surface area contributed by atoms with Gasteiger partial charge in [0.05, 0.1) is 26.0 Å². The molecule has 0 aromatic carbocycles. The summed E-state index contributed by atoms with van der Waals surface area (Å²) in [4.78, 5) is 5.03. The van der Waals surface area contributed by atoms with E-state index in [1.807, 2.05) is 23.5 Å². The lowest BCUT2D eigenvalue weighted by Crippen LogP contribution is -2.26. The van der Waals surface area contributed by atoms with Gasteiger partial charge in [-0.05, 0) is 31.2 Å². The molecule has 1 aliphatic rings. The van der Waals surface area contributed by atoms with Gasteiger partial charge >= 0.3 is 0 Å². The van der Waals surface area contributed by atoms with Crippen molar-refractivity contribution in [2.75, 3.05) is 6.61 Å². The smallest absolute Gasteiger partial charge is 0.159 e. The van der Waals surface area contributed by atoms with Crippen molar-refractivity contribution in [3.8, 4) is 0 Å². The Kier molecular flexibility index (Phi) is 4.46. The van der Waals surface area contributed by atoms with E-state index in [0.29, 0.717) is 6.61 Å². The van der Waals surface area contributed by atoms with Crippen LogP contribution in [0.1, 0.15) is 27.2 Å². The average Bonchev–Trinajstić information content (AvgIpc) is 3.31. The molecule has 0 saturated carbocycles. The van der Waals surface area contributed by atoms with Gasteiger partial charge in [0.1, 0.15) is 18.2 Å². The standard InChI is InChI=1S/C17H20N4O2S/c1-13-4-5-15(24-13)10-20(9-14-3-2-7-23-14)11-16-18-19-17-12-22-8-6-21(16)17/h2-5,7H,6,8-12H2,1H3. The topological polar surface area (TPSA) is 56.3 Å². The molecular weight excluding hydrogens is 324 g/mol. The maximum Gasteiger partial charge on any atom is 0.159 e. The molecule has 0 N–H and O–H groups in total. The van der Waals surface area contributed by atoms with E-state index < -0.39 is 0 Å². The van der Waals surface area contributed by atoms with Crippen LogP contribution < -0.4 is 0 Å². The fourth-order valence-corrected chi connectivity index (χ4v) is 3.89. The maximum atomic E-state index is 5.54. The van der Waals surface area contributed by atoms with Crippen LogP contribution in [-0.2, 0) is 37.5 Å². The van der Waals surface area contributed by atoms with E-state index in [0.717, 1.165) is 50.2 Å². The normalized spacial score (nSPS) is 14.2. The van der Waals surface area contributed by atoms with Crippen molar-refractivity contribution in [2.24, 2.45) is 0 Å². The number of hydrogen-bond donors (Lipinski definition) is 0. The number of ether oxygens (including phenoxy) is 1. The Labute approximate surface area is 144 Å². The molecule has 3 aromatic rings. The Hall–Kier alpha value is -1.96. The van der Waals surface area contributed by atoms with Crippen molar-refractivity contribution in [1.82, 2.24) is 19.7 Å². The van der Waals surface area contributed by atoms with E-state index in [2.05, 4.69) is 38.7 Å². The zero-order valence-electron chi connectivity index (χ0n) is 13.6. The van der Waals surface area contributed by atoms with Crippen molar-refractivity contribution in [3.05, 3.63) is 57.7 Å². The molecule has 1 aliphatic heterocycles. The highest BCUT2D eigenvalue weighted by Gasteiger charge is 2.19. The van der Waals surface area contributed by atoms with Gasteiger partial charge in [0.25, 0.3) is 0 Å². The van der Waals surface area contributed by atoms with Crippen LogP contribution in [0.2, 0.25) is 0 Å². The fraction of sp³-hybridized carbons (Fsp3) is 0.412. The minimum atomic E-state index is 0.551. The van der Waals surface area contributed by atoms with Gasteiger partial charge in [0.2, 0.25) is 0 Å². The van der Waals surface area contributed by atoms with Crippen LogP contribution in [-0.4, -0.2) is 26.3 Å². The number of aromatic nitrogens is 3. The Morgan fingerprint density at radius 2 is 2.17 bits per heavy atom. The molecule has 0 aliphatic carbocycles. The lowest BCUT2D eigenvalue weighted by molar-refractivity contribution is 0.0793. The van der Waals surface area contributed by atoms with Gasteiger partial charge in [-0.1, -0.05) is 0 Å². The molecule has 24 heavy (non-hydrogen) atoms. The molecule has 0 saturated heterocycles. The van der Waals surface area contributed by atoms with Crippen LogP contribution in [0, 0.1) is 6.92 Å². The first-order valence-electron chi connectivity index (χ1n) is 8.07. The number of thiophene rings is 1. The van der Waals surface area contributed by atoms with Crippen LogP contribution in [0.25, 0.3) is 0 Å². The van der Waals surface area contributed by atoms with Gasteiger partial charge in [-0.3, -0.25) is 4.90 Å². The monoisotopic (exact) mass is 344 g/mol. The maximum absolute atomic E-state index is 5.54. The molecule has 0 radical (unpaired) electrons. The second-order valence-corrected chi connectivity index (χ2v) is 7.35. The van der Waals surface area contributed by atoms with Gasteiger partial charge in [0.15, 0.2) is 5.82 Å². The van der Waals surface area contributed by atoms with Crippen LogP contribution in [0.4, 0.5) is 0 Å². The first-order valence-corrected chi connectivity index (χ1v) is 8.88. The lowest BCUT2D eigenvalue weighted by atomic mass is 10.3. The van der Waals surface area contributed by atoms with E-state index in [4.69, 9.17) is 9.15 Å². The number of nitrogens with zero attached hydrogens (tertiary/aromatic N) is 4. The van der Waals surface area contributed by atoms with Crippen molar-refractivity contribution >= 4 is 11.3 Å². The molecule has 7 heteroatoms. The Bertz CT molecular complexity index is 793. The van der Waals surface area contributed by atoms with Gasteiger partial charge < -0.3 is 13.7 Å². The molecule has 4 rings (SSSR count). The zero-order chi connectivity index (χ0) is 16.4. The van der Waals surface area contributed by atoms with Crippen molar-refractivity contribution in [1.29, 1.82) is 0 Å². The van der Waals surface area contributed by atoms with Gasteiger partial charge in [-0.15, -0.1) is 21.5 Å². The van der Waals surface area contributed by atoms with Crippen molar-refractivity contribution in [3.63, 3.8) is 0 Å². The van der Waals surface area contributed by atoms with E-state index in [-0.39, 0.29) is 0 Å². The number of furan rings is 1. The van der Waals surface area contributed by atoms with Crippen LogP contribution in [0.15, 0.2) is 34.9 Å². The van der Waals surface area contributed by atoms with E-state index in [1.54, 1.807) is 6.26 Å². The highest BCUT2D eigenvalue weighted by molar-refractivity contribution is 7.11. The summed E-state index contributed by atoms with van der Waals surface area (Å²) >= 11 is 1.83. The summed E-state index contributed by atoms with van der Waals surface area (Å²) in [7, 11) is 0. The SMILES string of the molecule is Cc1ccc(CN(Cc2ccco2)Cc2nnc3n2CCOC3)s1. The molecule has 0 spiro atoms. The summed E-state index contributed by atoms with van der Waals surface area (Å²) < 4.78 is 13.2. The lowest BCUT2D eigenvalue weighted by Gasteiger charge is -2.22. The second-order valence-electron chi connectivity index (χ2n) is 5.97. The molecule has 0 unspecified atom stereocenters. The molecular formula is C17H20N4O2S. The predicted molar refractivity (Wildman–Crippen MR) is 90.4 cm³/mol. The first kappa shape index (κ1) is 15.6. The Morgan fingerprint density at radius 3 is 2.96 bits per heavy atom. The summed E-state index contributed by atoms with van der Waals surface area (Å²) in [6.45, 7) is 6.60. The molecule has 0 fully saturated rings. The first-order chi connectivity index (χ1) is 11.8. The van der Waals surface area contributed by atoms with E-state index >= 15 is 0 Å². The minimum absolute atomic E-state index is 0.551. The molecule has 6 nitrogen and oxygen atoms in total. The number of aryl methyl sites for hydroxylation is 1. The Balaban J connectivity index is 1.54. The van der Waals surface area contributed by atoms with E-state index in [9.17, 15) is 0 Å². The molecule has 0 atom stereocenters. The van der Waals surface area contributed by atoms with Gasteiger partial charge in [-0.25, -0.2) is 0 Å². The highest BCUT2D eigenvalue weighted by Crippen LogP contribution is 2.20. The minimum Gasteiger partial charge on any atom is -0.468 e. The molecule has 4 heterocycles. The fourth-order valence-electron chi connectivity index (χ4n) is 2.95. The summed E-state index contributed by atoms with van der Waals surface area (Å²) in [5.41, 5.74) is 0. The summed E-state index contributed by atoms with van der Waals surface area (Å²) in [5.74, 6) is 2.87. The average molecular weight is 344 g/mol. The van der Waals surface area contributed by atoms with E-state index in [1.165, 1.54) is 9.75 Å². The highest BCUT2D eigenvalue weighted by atomic mass is 32.1. The van der Waals surface area contributed by atoms with Gasteiger partial charge in [-0.2, -0.15) is 0 Å². The quantitative estimate of drug-likeness (QED) is 0.688. The third-order valence-corrected chi connectivity index (χ3v) is 5.08. The summed E-state index contributed by atoms with van der Waals surface area (Å²) in [6, 6.07) is 8.31. The number of rotatable bonds is 6. The molecule has 3 aromatic heterocycles. The zero-order valence-corrected chi connectivity index (χ0v) is 14.5. The number of hydrogen-bond acceptors (Lipinski definition) is 6. The largest absolute Gasteiger partial charge is 0.468 e. The number of fused-ring (bicyclic) bond motifs is 1. The molecule has 0 bridgehead atoms. The molecule has 126 valence electrons. The third kappa shape index (κ3) is 3.43. The van der Waals surface area contributed by atoms with Crippen LogP contribution in [0.5, 0.6) is 0 Å². The van der Waals surface area contributed by atoms with Crippen molar-refractivity contribution in [2.45, 2.75) is 39.7 Å². The summed E-state index contributed by atoms with van der Waals surface area (Å²) in [5, 5.41) is 8.64.